The Morgan fingerprint density at radius 2 is 1.90 bits per heavy atom. The number of nitrogens with zero attached hydrogens (tertiary/aromatic N) is 2. The molecule has 0 aromatic carbocycles. The largest absolute Gasteiger partial charge is 0.481 e. The fourth-order valence-electron chi connectivity index (χ4n) is 3.25. The number of piperidine rings is 2. The van der Waals surface area contributed by atoms with Crippen molar-refractivity contribution in [1.29, 1.82) is 0 Å². The molecule has 0 aromatic rings. The molecule has 0 radical (unpaired) electrons. The Balaban J connectivity index is 1.75. The van der Waals surface area contributed by atoms with Gasteiger partial charge in [-0.25, -0.2) is 4.79 Å². The first kappa shape index (κ1) is 16.1. The van der Waals surface area contributed by atoms with Crippen molar-refractivity contribution < 1.29 is 14.7 Å². The Kier molecular flexibility index (Phi) is 5.85. The number of urea groups is 1. The van der Waals surface area contributed by atoms with E-state index in [2.05, 4.69) is 17.1 Å². The molecule has 2 saturated heterocycles. The molecule has 0 aromatic heterocycles. The molecule has 2 fully saturated rings. The Hall–Kier alpha value is -1.30. The molecule has 2 rings (SSSR count). The van der Waals surface area contributed by atoms with Crippen LogP contribution in [0.15, 0.2) is 0 Å². The molecule has 1 unspecified atom stereocenters. The van der Waals surface area contributed by atoms with Gasteiger partial charge in [0.05, 0.1) is 5.92 Å². The van der Waals surface area contributed by atoms with Crippen LogP contribution in [-0.4, -0.2) is 65.7 Å². The van der Waals surface area contributed by atoms with Crippen molar-refractivity contribution >= 4 is 12.0 Å². The minimum Gasteiger partial charge on any atom is -0.481 e. The summed E-state index contributed by atoms with van der Waals surface area (Å²) in [5.41, 5.74) is 0. The quantitative estimate of drug-likeness (QED) is 0.822. The Labute approximate surface area is 126 Å². The van der Waals surface area contributed by atoms with Crippen LogP contribution in [0.5, 0.6) is 0 Å². The van der Waals surface area contributed by atoms with E-state index >= 15 is 0 Å². The van der Waals surface area contributed by atoms with Gasteiger partial charge in [0.15, 0.2) is 0 Å². The van der Waals surface area contributed by atoms with Crippen LogP contribution in [0.4, 0.5) is 4.79 Å². The van der Waals surface area contributed by atoms with Gasteiger partial charge in [0, 0.05) is 32.2 Å². The van der Waals surface area contributed by atoms with Crippen molar-refractivity contribution in [2.24, 2.45) is 5.92 Å². The number of hydrogen-bond donors (Lipinski definition) is 2. The summed E-state index contributed by atoms with van der Waals surface area (Å²) >= 11 is 0. The lowest BCUT2D eigenvalue weighted by Gasteiger charge is -2.35. The number of carboxylic acid groups (broad SMARTS) is 1. The molecule has 21 heavy (non-hydrogen) atoms. The normalized spacial score (nSPS) is 24.8. The van der Waals surface area contributed by atoms with Crippen LogP contribution in [-0.2, 0) is 4.79 Å². The third-order valence-electron chi connectivity index (χ3n) is 4.51. The maximum atomic E-state index is 12.2. The average molecular weight is 297 g/mol. The van der Waals surface area contributed by atoms with E-state index in [0.29, 0.717) is 19.5 Å². The molecule has 0 saturated carbocycles. The molecule has 6 heteroatoms. The monoisotopic (exact) mass is 297 g/mol. The minimum absolute atomic E-state index is 0.0881. The predicted molar refractivity (Wildman–Crippen MR) is 80.2 cm³/mol. The van der Waals surface area contributed by atoms with E-state index in [9.17, 15) is 9.59 Å². The zero-order valence-electron chi connectivity index (χ0n) is 12.9. The van der Waals surface area contributed by atoms with Gasteiger partial charge in [-0.1, -0.05) is 6.92 Å². The van der Waals surface area contributed by atoms with Gasteiger partial charge in [-0.05, 0) is 38.6 Å². The first-order valence-corrected chi connectivity index (χ1v) is 8.10. The molecule has 2 aliphatic rings. The number of carbonyl (C=O) groups is 2. The second-order valence-electron chi connectivity index (χ2n) is 6.19. The smallest absolute Gasteiger partial charge is 0.317 e. The van der Waals surface area contributed by atoms with Gasteiger partial charge in [-0.3, -0.25) is 4.79 Å². The standard InChI is InChI=1S/C15H27N3O3/c1-2-7-17-9-5-13(6-10-17)16-15(21)18-8-3-4-12(11-18)14(19)20/h12-13H,2-11H2,1H3,(H,16,21)(H,19,20). The number of aliphatic carboxylic acids is 1. The third kappa shape index (κ3) is 4.59. The third-order valence-corrected chi connectivity index (χ3v) is 4.51. The topological polar surface area (TPSA) is 72.9 Å². The average Bonchev–Trinajstić information content (AvgIpc) is 2.49. The number of likely N-dealkylation sites (tertiary alicyclic amines) is 2. The lowest BCUT2D eigenvalue weighted by Crippen LogP contribution is -2.52. The second kappa shape index (κ2) is 7.64. The second-order valence-corrected chi connectivity index (χ2v) is 6.19. The number of nitrogens with one attached hydrogen (secondary N) is 1. The number of carboxylic acids is 1. The highest BCUT2D eigenvalue weighted by Crippen LogP contribution is 2.17. The molecule has 2 N–H and O–H groups in total. The van der Waals surface area contributed by atoms with Gasteiger partial charge >= 0.3 is 12.0 Å². The molecule has 6 nitrogen and oxygen atoms in total. The zero-order valence-corrected chi connectivity index (χ0v) is 12.9. The van der Waals surface area contributed by atoms with Crippen LogP contribution in [0.1, 0.15) is 39.0 Å². The molecule has 2 heterocycles. The van der Waals surface area contributed by atoms with Gasteiger partial charge in [-0.15, -0.1) is 0 Å². The van der Waals surface area contributed by atoms with E-state index in [4.69, 9.17) is 5.11 Å². The molecule has 0 aliphatic carbocycles. The summed E-state index contributed by atoms with van der Waals surface area (Å²) in [7, 11) is 0. The maximum absolute atomic E-state index is 12.2. The van der Waals surface area contributed by atoms with E-state index in [1.807, 2.05) is 0 Å². The van der Waals surface area contributed by atoms with E-state index in [-0.39, 0.29) is 12.1 Å². The number of rotatable bonds is 4. The highest BCUT2D eigenvalue weighted by Gasteiger charge is 2.29. The van der Waals surface area contributed by atoms with Crippen molar-refractivity contribution in [2.75, 3.05) is 32.7 Å². The summed E-state index contributed by atoms with van der Waals surface area (Å²) in [5, 5.41) is 12.2. The summed E-state index contributed by atoms with van der Waals surface area (Å²) < 4.78 is 0. The molecular formula is C15H27N3O3. The van der Waals surface area contributed by atoms with E-state index < -0.39 is 11.9 Å². The molecule has 120 valence electrons. The molecule has 0 spiro atoms. The van der Waals surface area contributed by atoms with Crippen LogP contribution in [0.2, 0.25) is 0 Å². The Morgan fingerprint density at radius 3 is 2.52 bits per heavy atom. The van der Waals surface area contributed by atoms with Crippen molar-refractivity contribution in [3.8, 4) is 0 Å². The van der Waals surface area contributed by atoms with Gasteiger partial charge in [0.25, 0.3) is 0 Å². The van der Waals surface area contributed by atoms with E-state index in [1.54, 1.807) is 4.90 Å². The van der Waals surface area contributed by atoms with Crippen LogP contribution < -0.4 is 5.32 Å². The van der Waals surface area contributed by atoms with Crippen LogP contribution in [0, 0.1) is 5.92 Å². The van der Waals surface area contributed by atoms with Gasteiger partial charge < -0.3 is 20.2 Å². The summed E-state index contributed by atoms with van der Waals surface area (Å²) in [5.74, 6) is -1.20. The van der Waals surface area contributed by atoms with Gasteiger partial charge in [0.1, 0.15) is 0 Å². The van der Waals surface area contributed by atoms with Gasteiger partial charge in [-0.2, -0.15) is 0 Å². The first-order chi connectivity index (χ1) is 10.1. The van der Waals surface area contributed by atoms with Crippen LogP contribution in [0.25, 0.3) is 0 Å². The lowest BCUT2D eigenvalue weighted by molar-refractivity contribution is -0.143. The Bertz CT molecular complexity index is 367. The van der Waals surface area contributed by atoms with Crippen molar-refractivity contribution in [1.82, 2.24) is 15.1 Å². The molecule has 1 atom stereocenters. The lowest BCUT2D eigenvalue weighted by atomic mass is 9.98. The summed E-state index contributed by atoms with van der Waals surface area (Å²) in [4.78, 5) is 27.4. The maximum Gasteiger partial charge on any atom is 0.317 e. The van der Waals surface area contributed by atoms with Crippen molar-refractivity contribution in [3.63, 3.8) is 0 Å². The predicted octanol–water partition coefficient (Wildman–Crippen LogP) is 1.37. The summed E-state index contributed by atoms with van der Waals surface area (Å²) in [6.45, 7) is 6.41. The molecule has 2 aliphatic heterocycles. The fourth-order valence-corrected chi connectivity index (χ4v) is 3.25. The molecular weight excluding hydrogens is 270 g/mol. The number of carbonyl (C=O) groups excluding carboxylic acids is 1. The molecule has 2 amide bonds. The summed E-state index contributed by atoms with van der Waals surface area (Å²) in [6.07, 6.45) is 4.60. The van der Waals surface area contributed by atoms with Crippen molar-refractivity contribution in [3.05, 3.63) is 0 Å². The van der Waals surface area contributed by atoms with Crippen molar-refractivity contribution in [2.45, 2.75) is 45.1 Å². The van der Waals surface area contributed by atoms with E-state index in [0.717, 1.165) is 38.9 Å². The minimum atomic E-state index is -0.791. The number of amides is 2. The SMILES string of the molecule is CCCN1CCC(NC(=O)N2CCCC(C(=O)O)C2)CC1. The zero-order chi connectivity index (χ0) is 15.2. The van der Waals surface area contributed by atoms with Crippen LogP contribution >= 0.6 is 0 Å². The molecule has 0 bridgehead atoms. The van der Waals surface area contributed by atoms with E-state index in [1.165, 1.54) is 6.42 Å². The number of hydrogen-bond acceptors (Lipinski definition) is 3. The highest BCUT2D eigenvalue weighted by atomic mass is 16.4. The van der Waals surface area contributed by atoms with Gasteiger partial charge in [0.2, 0.25) is 0 Å². The highest BCUT2D eigenvalue weighted by molar-refractivity contribution is 5.76. The fraction of sp³-hybridized carbons (Fsp3) is 0.867. The Morgan fingerprint density at radius 1 is 1.19 bits per heavy atom. The summed E-state index contributed by atoms with van der Waals surface area (Å²) in [6, 6.07) is 0.144. The first-order valence-electron chi connectivity index (χ1n) is 8.10. The van der Waals surface area contributed by atoms with Crippen LogP contribution in [0.3, 0.4) is 0 Å².